The molecule has 0 radical (unpaired) electrons. The van der Waals surface area contributed by atoms with Crippen LogP contribution in [0.15, 0.2) is 0 Å². The summed E-state index contributed by atoms with van der Waals surface area (Å²) >= 11 is 4.28. The molecule has 0 saturated heterocycles. The van der Waals surface area contributed by atoms with Crippen molar-refractivity contribution >= 4 is 26.3 Å². The van der Waals surface area contributed by atoms with Crippen LogP contribution in [0.1, 0.15) is 0 Å². The van der Waals surface area contributed by atoms with Crippen molar-refractivity contribution in [2.75, 3.05) is 0 Å². The molecule has 0 heterocycles. The van der Waals surface area contributed by atoms with E-state index in [-0.39, 0.29) is 4.70 Å². The molecule has 0 fully saturated rings. The van der Waals surface area contributed by atoms with E-state index in [1.165, 1.54) is 0 Å². The fraction of sp³-hybridized carbons (Fsp3) is 0. The first kappa shape index (κ1) is 10.7. The smallest absolute Gasteiger partial charge is 0.279 e. The van der Waals surface area contributed by atoms with E-state index < -0.39 is 14.7 Å². The first-order valence-corrected chi connectivity index (χ1v) is 2.93. The average molecular weight is 165 g/mol. The minimum Gasteiger partial charge on any atom is -0.279 e. The van der Waals surface area contributed by atoms with Crippen molar-refractivity contribution in [3.8, 4) is 0 Å². The summed E-state index contributed by atoms with van der Waals surface area (Å²) in [5.74, 6) is 0. The quantitative estimate of drug-likeness (QED) is 0.415. The Hall–Kier alpha value is -0.200. The normalized spacial score (nSPS) is 9.75. The maximum atomic E-state index is 9.41. The molecule has 50 valence electrons. The average Bonchev–Trinajstić information content (AvgIpc) is 1.31. The van der Waals surface area contributed by atoms with Gasteiger partial charge in [0.2, 0.25) is 0 Å². The lowest BCUT2D eigenvalue weighted by atomic mass is 11.8. The molecule has 0 aromatic rings. The molecule has 0 amide bonds. The largest absolute Gasteiger partial charge is 0.363 e. The van der Waals surface area contributed by atoms with Crippen LogP contribution in [0.25, 0.3) is 0 Å². The Morgan fingerprint density at radius 2 is 1.62 bits per heavy atom. The lowest BCUT2D eigenvalue weighted by Gasteiger charge is -1.77. The molecule has 0 aliphatic rings. The van der Waals surface area contributed by atoms with Gasteiger partial charge in [0.25, 0.3) is 0 Å². The van der Waals surface area contributed by atoms with Crippen molar-refractivity contribution in [3.63, 3.8) is 0 Å². The van der Waals surface area contributed by atoms with Crippen LogP contribution in [0.4, 0.5) is 9.50 Å². The third-order valence-electron chi connectivity index (χ3n) is 0.203. The molecule has 0 aliphatic heterocycles. The van der Waals surface area contributed by atoms with E-state index in [1.54, 1.807) is 0 Å². The number of rotatable bonds is 0. The zero-order chi connectivity index (χ0) is 6.08. The summed E-state index contributed by atoms with van der Waals surface area (Å²) in [5.41, 5.74) is 0. The Morgan fingerprint density at radius 1 is 1.50 bits per heavy atom. The molecule has 0 saturated carbocycles. The van der Waals surface area contributed by atoms with Crippen molar-refractivity contribution in [1.29, 1.82) is 0 Å². The van der Waals surface area contributed by atoms with Gasteiger partial charge in [-0.2, -0.15) is 8.42 Å². The van der Waals surface area contributed by atoms with Gasteiger partial charge in [-0.3, -0.25) is 14.1 Å². The van der Waals surface area contributed by atoms with Crippen molar-refractivity contribution < 1.29 is 22.5 Å². The van der Waals surface area contributed by atoms with Crippen molar-refractivity contribution in [2.24, 2.45) is 0 Å². The predicted molar refractivity (Wildman–Crippen MR) is 25.3 cm³/mol. The monoisotopic (exact) mass is 164 g/mol. The summed E-state index contributed by atoms with van der Waals surface area (Å²) in [5, 5.41) is 0. The lowest BCUT2D eigenvalue weighted by Crippen LogP contribution is -2.02. The highest BCUT2D eigenvalue weighted by atomic mass is 35.5. The molecule has 0 aliphatic carbocycles. The third kappa shape index (κ3) is 3.97. The minimum absolute atomic E-state index is 0. The zero-order valence-corrected chi connectivity index (χ0v) is 4.94. The molecule has 0 rings (SSSR count). The van der Waals surface area contributed by atoms with Crippen LogP contribution in [0.5, 0.6) is 0 Å². The number of hydrogen-bond acceptors (Lipinski definition) is 3. The first-order chi connectivity index (χ1) is 2.94. The molecular formula is CH2ClFO4S. The zero-order valence-electron chi connectivity index (χ0n) is 3.37. The minimum atomic E-state index is -4.61. The van der Waals surface area contributed by atoms with Gasteiger partial charge in [-0.05, 0) is 11.6 Å². The summed E-state index contributed by atoms with van der Waals surface area (Å²) in [6, 6.07) is 0. The molecule has 4 nitrogen and oxygen atoms in total. The number of hydrogen-bond donors (Lipinski definition) is 1. The molecule has 0 aromatic heterocycles. The second kappa shape index (κ2) is 2.95. The lowest BCUT2D eigenvalue weighted by molar-refractivity contribution is 0.271. The van der Waals surface area contributed by atoms with Gasteiger partial charge in [0.1, 0.15) is 0 Å². The maximum Gasteiger partial charge on any atom is 0.363 e. The van der Waals surface area contributed by atoms with Crippen LogP contribution < -0.4 is 0 Å². The molecule has 1 N–H and O–H groups in total. The third-order valence-corrected chi connectivity index (χ3v) is 1.19. The van der Waals surface area contributed by atoms with Gasteiger partial charge in [0.05, 0.1) is 0 Å². The van der Waals surface area contributed by atoms with Gasteiger partial charge < -0.3 is 0 Å². The van der Waals surface area contributed by atoms with E-state index >= 15 is 0 Å². The van der Waals surface area contributed by atoms with E-state index in [1.807, 2.05) is 0 Å². The van der Waals surface area contributed by atoms with Gasteiger partial charge in [-0.15, -0.1) is 0 Å². The van der Waals surface area contributed by atoms with E-state index in [4.69, 9.17) is 4.55 Å². The molecule has 0 spiro atoms. The Bertz CT molecular complexity index is 170. The van der Waals surface area contributed by atoms with Crippen molar-refractivity contribution in [2.45, 2.75) is 0 Å². The Labute approximate surface area is 49.6 Å². The molecule has 0 bridgehead atoms. The molecular weight excluding hydrogens is 163 g/mol. The number of carbonyl (C=O) groups excluding carboxylic acids is 1. The van der Waals surface area contributed by atoms with Gasteiger partial charge in [0.15, 0.2) is 0 Å². The summed E-state index contributed by atoms with van der Waals surface area (Å²) in [6.07, 6.45) is 0. The standard InChI is InChI=1S/CHClO4S.FH/c2-1(3)7(4,5)6;/h(H,4,5,6);1H. The fourth-order valence-corrected chi connectivity index (χ4v) is 0. The van der Waals surface area contributed by atoms with Crippen LogP contribution >= 0.6 is 11.6 Å². The Balaban J connectivity index is 0. The Morgan fingerprint density at radius 3 is 1.62 bits per heavy atom. The van der Waals surface area contributed by atoms with Crippen LogP contribution in [0.3, 0.4) is 0 Å². The van der Waals surface area contributed by atoms with Crippen molar-refractivity contribution in [1.82, 2.24) is 0 Å². The highest BCUT2D eigenvalue weighted by Gasteiger charge is 2.12. The van der Waals surface area contributed by atoms with Gasteiger partial charge in [-0.25, -0.2) is 0 Å². The second-order valence-corrected chi connectivity index (χ2v) is 2.60. The highest BCUT2D eigenvalue weighted by molar-refractivity contribution is 8.04. The summed E-state index contributed by atoms with van der Waals surface area (Å²) in [7, 11) is -4.61. The predicted octanol–water partition coefficient (Wildman–Crippen LogP) is 0.386. The van der Waals surface area contributed by atoms with Crippen LogP contribution in [0, 0.1) is 0 Å². The summed E-state index contributed by atoms with van der Waals surface area (Å²) < 4.78 is 24.6. The van der Waals surface area contributed by atoms with Gasteiger partial charge in [0, 0.05) is 0 Å². The number of halogens is 2. The van der Waals surface area contributed by atoms with Gasteiger partial charge in [-0.1, -0.05) is 0 Å². The maximum absolute atomic E-state index is 9.41. The van der Waals surface area contributed by atoms with Crippen LogP contribution in [-0.2, 0) is 10.1 Å². The van der Waals surface area contributed by atoms with E-state index in [9.17, 15) is 13.2 Å². The SMILES string of the molecule is F.O=C(Cl)S(=O)(=O)O. The van der Waals surface area contributed by atoms with E-state index in [0.29, 0.717) is 0 Å². The van der Waals surface area contributed by atoms with Crippen LogP contribution in [-0.4, -0.2) is 17.5 Å². The van der Waals surface area contributed by atoms with Crippen LogP contribution in [0.2, 0.25) is 0 Å². The summed E-state index contributed by atoms with van der Waals surface area (Å²) in [6.45, 7) is 0. The van der Waals surface area contributed by atoms with E-state index in [0.717, 1.165) is 0 Å². The molecule has 0 aromatic carbocycles. The molecule has 0 atom stereocenters. The topological polar surface area (TPSA) is 71.4 Å². The number of carbonyl (C=O) groups is 1. The summed E-state index contributed by atoms with van der Waals surface area (Å²) in [4.78, 5) is 9.39. The molecule has 0 unspecified atom stereocenters. The van der Waals surface area contributed by atoms with E-state index in [2.05, 4.69) is 11.6 Å². The fourth-order valence-electron chi connectivity index (χ4n) is 0. The highest BCUT2D eigenvalue weighted by Crippen LogP contribution is 1.90. The van der Waals surface area contributed by atoms with Gasteiger partial charge >= 0.3 is 14.7 Å². The Kier molecular flexibility index (Phi) is 3.96. The first-order valence-electron chi connectivity index (χ1n) is 1.11. The molecule has 7 heteroatoms. The van der Waals surface area contributed by atoms with Crippen molar-refractivity contribution in [3.05, 3.63) is 0 Å². The second-order valence-electron chi connectivity index (χ2n) is 0.713. The molecule has 8 heavy (non-hydrogen) atoms.